The first-order valence-electron chi connectivity index (χ1n) is 7.93. The second kappa shape index (κ2) is 8.11. The average Bonchev–Trinajstić information content (AvgIpc) is 3.02. The zero-order chi connectivity index (χ0) is 18.4. The van der Waals surface area contributed by atoms with Crippen molar-refractivity contribution in [2.75, 3.05) is 13.2 Å². The van der Waals surface area contributed by atoms with E-state index in [4.69, 9.17) is 9.84 Å². The lowest BCUT2D eigenvalue weighted by molar-refractivity contribution is -0.139. The molecule has 0 aliphatic carbocycles. The molecule has 0 aliphatic heterocycles. The lowest BCUT2D eigenvalue weighted by Gasteiger charge is -2.14. The Morgan fingerprint density at radius 1 is 1.32 bits per heavy atom. The maximum absolute atomic E-state index is 12.2. The standard InChI is InChI=1S/C18H22N2O4S/c1-18(2,3)14-11-25-15(20-14)7-8-19-17(23)12-5-4-6-13(9-12)24-10-16(21)22/h4-6,9,11H,7-8,10H2,1-3H3,(H,19,23)(H,21,22). The number of hydrogen-bond acceptors (Lipinski definition) is 5. The molecule has 1 aromatic carbocycles. The van der Waals surface area contributed by atoms with Crippen molar-refractivity contribution in [3.05, 3.63) is 45.9 Å². The van der Waals surface area contributed by atoms with Gasteiger partial charge in [-0.1, -0.05) is 26.8 Å². The van der Waals surface area contributed by atoms with Gasteiger partial charge in [0.2, 0.25) is 0 Å². The number of thiazole rings is 1. The molecule has 0 saturated heterocycles. The number of nitrogens with zero attached hydrogens (tertiary/aromatic N) is 1. The van der Waals surface area contributed by atoms with Crippen LogP contribution in [-0.2, 0) is 16.6 Å². The van der Waals surface area contributed by atoms with Crippen molar-refractivity contribution in [2.24, 2.45) is 0 Å². The molecule has 1 aromatic heterocycles. The van der Waals surface area contributed by atoms with Crippen molar-refractivity contribution in [3.8, 4) is 5.75 Å². The summed E-state index contributed by atoms with van der Waals surface area (Å²) < 4.78 is 5.08. The van der Waals surface area contributed by atoms with Crippen LogP contribution < -0.4 is 10.1 Å². The zero-order valence-electron chi connectivity index (χ0n) is 14.5. The van der Waals surface area contributed by atoms with Crippen molar-refractivity contribution in [1.29, 1.82) is 0 Å². The molecule has 0 radical (unpaired) electrons. The Morgan fingerprint density at radius 2 is 2.08 bits per heavy atom. The Morgan fingerprint density at radius 3 is 2.72 bits per heavy atom. The minimum atomic E-state index is -1.06. The summed E-state index contributed by atoms with van der Waals surface area (Å²) in [5.41, 5.74) is 1.51. The summed E-state index contributed by atoms with van der Waals surface area (Å²) in [5, 5.41) is 14.5. The Bertz CT molecular complexity index is 750. The van der Waals surface area contributed by atoms with Gasteiger partial charge in [0.25, 0.3) is 5.91 Å². The molecule has 0 spiro atoms. The summed E-state index contributed by atoms with van der Waals surface area (Å²) in [6, 6.07) is 6.45. The fourth-order valence-electron chi connectivity index (χ4n) is 2.03. The molecule has 0 unspecified atom stereocenters. The average molecular weight is 362 g/mol. The van der Waals surface area contributed by atoms with Crippen LogP contribution in [0.3, 0.4) is 0 Å². The van der Waals surface area contributed by atoms with Crippen LogP contribution in [0.2, 0.25) is 0 Å². The first kappa shape index (κ1) is 18.9. The predicted octanol–water partition coefficient (Wildman–Crippen LogP) is 2.88. The lowest BCUT2D eigenvalue weighted by atomic mass is 9.93. The Kier molecular flexibility index (Phi) is 6.14. The fraction of sp³-hybridized carbons (Fsp3) is 0.389. The number of benzene rings is 1. The first-order chi connectivity index (χ1) is 11.8. The van der Waals surface area contributed by atoms with Crippen LogP contribution in [-0.4, -0.2) is 35.1 Å². The van der Waals surface area contributed by atoms with Gasteiger partial charge in [-0.15, -0.1) is 11.3 Å². The topological polar surface area (TPSA) is 88.5 Å². The minimum absolute atomic E-state index is 0.0222. The van der Waals surface area contributed by atoms with Crippen LogP contribution in [0.25, 0.3) is 0 Å². The second-order valence-electron chi connectivity index (χ2n) is 6.59. The van der Waals surface area contributed by atoms with Gasteiger partial charge in [0.05, 0.1) is 10.7 Å². The summed E-state index contributed by atoms with van der Waals surface area (Å²) >= 11 is 1.60. The number of carboxylic acids is 1. The molecule has 2 aromatic rings. The highest BCUT2D eigenvalue weighted by atomic mass is 32.1. The van der Waals surface area contributed by atoms with Gasteiger partial charge in [-0.05, 0) is 18.2 Å². The van der Waals surface area contributed by atoms with Crippen LogP contribution in [0.4, 0.5) is 0 Å². The number of hydrogen-bond donors (Lipinski definition) is 2. The summed E-state index contributed by atoms with van der Waals surface area (Å²) in [6.07, 6.45) is 0.668. The number of nitrogens with one attached hydrogen (secondary N) is 1. The molecule has 1 heterocycles. The minimum Gasteiger partial charge on any atom is -0.482 e. The summed E-state index contributed by atoms with van der Waals surface area (Å²) in [5.74, 6) is -0.939. The van der Waals surface area contributed by atoms with E-state index in [1.807, 2.05) is 0 Å². The van der Waals surface area contributed by atoms with Crippen LogP contribution >= 0.6 is 11.3 Å². The SMILES string of the molecule is CC(C)(C)c1csc(CCNC(=O)c2cccc(OCC(=O)O)c2)n1. The molecule has 0 bridgehead atoms. The highest BCUT2D eigenvalue weighted by molar-refractivity contribution is 7.09. The molecule has 134 valence electrons. The van der Waals surface area contributed by atoms with Gasteiger partial charge in [0.1, 0.15) is 5.75 Å². The number of ether oxygens (including phenoxy) is 1. The van der Waals surface area contributed by atoms with Crippen molar-refractivity contribution >= 4 is 23.2 Å². The monoisotopic (exact) mass is 362 g/mol. The molecular formula is C18H22N2O4S. The van der Waals surface area contributed by atoms with Gasteiger partial charge in [-0.2, -0.15) is 0 Å². The van der Waals surface area contributed by atoms with Gasteiger partial charge in [0, 0.05) is 29.3 Å². The van der Waals surface area contributed by atoms with Gasteiger partial charge in [-0.3, -0.25) is 4.79 Å². The van der Waals surface area contributed by atoms with Crippen LogP contribution in [0.1, 0.15) is 41.8 Å². The summed E-state index contributed by atoms with van der Waals surface area (Å²) in [4.78, 5) is 27.3. The van der Waals surface area contributed by atoms with Crippen molar-refractivity contribution in [3.63, 3.8) is 0 Å². The highest BCUT2D eigenvalue weighted by Gasteiger charge is 2.17. The van der Waals surface area contributed by atoms with E-state index in [2.05, 4.69) is 36.5 Å². The van der Waals surface area contributed by atoms with E-state index in [1.54, 1.807) is 29.5 Å². The Hall–Kier alpha value is -2.41. The fourth-order valence-corrected chi connectivity index (χ4v) is 3.05. The van der Waals surface area contributed by atoms with Gasteiger partial charge < -0.3 is 15.2 Å². The van der Waals surface area contributed by atoms with Crippen LogP contribution in [0, 0.1) is 0 Å². The third-order valence-electron chi connectivity index (χ3n) is 3.40. The predicted molar refractivity (Wildman–Crippen MR) is 96.4 cm³/mol. The number of amides is 1. The number of carbonyl (C=O) groups excluding carboxylic acids is 1. The van der Waals surface area contributed by atoms with Crippen LogP contribution in [0.15, 0.2) is 29.6 Å². The van der Waals surface area contributed by atoms with E-state index in [0.29, 0.717) is 24.3 Å². The number of rotatable bonds is 7. The van der Waals surface area contributed by atoms with E-state index in [0.717, 1.165) is 10.7 Å². The van der Waals surface area contributed by atoms with Crippen molar-refractivity contribution in [2.45, 2.75) is 32.6 Å². The van der Waals surface area contributed by atoms with E-state index < -0.39 is 12.6 Å². The maximum atomic E-state index is 12.2. The molecule has 7 heteroatoms. The normalized spacial score (nSPS) is 11.2. The quantitative estimate of drug-likeness (QED) is 0.791. The van der Waals surface area contributed by atoms with E-state index >= 15 is 0 Å². The Balaban J connectivity index is 1.87. The largest absolute Gasteiger partial charge is 0.482 e. The molecular weight excluding hydrogens is 340 g/mol. The lowest BCUT2D eigenvalue weighted by Crippen LogP contribution is -2.25. The molecule has 0 atom stereocenters. The van der Waals surface area contributed by atoms with Crippen molar-refractivity contribution < 1.29 is 19.4 Å². The molecule has 0 fully saturated rings. The molecule has 1 amide bonds. The van der Waals surface area contributed by atoms with Gasteiger partial charge >= 0.3 is 5.97 Å². The zero-order valence-corrected chi connectivity index (χ0v) is 15.4. The molecule has 2 rings (SSSR count). The van der Waals surface area contributed by atoms with E-state index in [1.165, 1.54) is 6.07 Å². The Labute approximate surface area is 150 Å². The van der Waals surface area contributed by atoms with Gasteiger partial charge in [-0.25, -0.2) is 9.78 Å². The smallest absolute Gasteiger partial charge is 0.341 e. The molecule has 0 saturated carbocycles. The number of carbonyl (C=O) groups is 2. The molecule has 2 N–H and O–H groups in total. The second-order valence-corrected chi connectivity index (χ2v) is 7.54. The van der Waals surface area contributed by atoms with Gasteiger partial charge in [0.15, 0.2) is 6.61 Å². The van der Waals surface area contributed by atoms with Crippen molar-refractivity contribution in [1.82, 2.24) is 10.3 Å². The number of aliphatic carboxylic acids is 1. The van der Waals surface area contributed by atoms with E-state index in [9.17, 15) is 9.59 Å². The molecule has 6 nitrogen and oxygen atoms in total. The third-order valence-corrected chi connectivity index (χ3v) is 4.31. The first-order valence-corrected chi connectivity index (χ1v) is 8.81. The van der Waals surface area contributed by atoms with Crippen LogP contribution in [0.5, 0.6) is 5.75 Å². The number of carboxylic acid groups (broad SMARTS) is 1. The maximum Gasteiger partial charge on any atom is 0.341 e. The molecule has 25 heavy (non-hydrogen) atoms. The number of aromatic nitrogens is 1. The third kappa shape index (κ3) is 5.86. The summed E-state index contributed by atoms with van der Waals surface area (Å²) in [7, 11) is 0. The van der Waals surface area contributed by atoms with E-state index in [-0.39, 0.29) is 11.3 Å². The highest BCUT2D eigenvalue weighted by Crippen LogP contribution is 2.23. The molecule has 0 aliphatic rings. The summed E-state index contributed by atoms with van der Waals surface area (Å²) in [6.45, 7) is 6.40.